The third kappa shape index (κ3) is 3.15. The average Bonchev–Trinajstić information content (AvgIpc) is 3.34. The third-order valence-corrected chi connectivity index (χ3v) is 5.20. The summed E-state index contributed by atoms with van der Waals surface area (Å²) in [5, 5.41) is 9.31. The number of nitrogens with two attached hydrogens (primary N) is 1. The van der Waals surface area contributed by atoms with Gasteiger partial charge in [-0.2, -0.15) is 5.10 Å². The highest BCUT2D eigenvalue weighted by Crippen LogP contribution is 2.33. The fourth-order valence-corrected chi connectivity index (χ4v) is 3.76. The van der Waals surface area contributed by atoms with Crippen LogP contribution >= 0.6 is 0 Å². The van der Waals surface area contributed by atoms with Crippen LogP contribution in [0.25, 0.3) is 27.8 Å². The van der Waals surface area contributed by atoms with Gasteiger partial charge in [0, 0.05) is 23.5 Å². The monoisotopic (exact) mass is 426 g/mol. The van der Waals surface area contributed by atoms with Crippen LogP contribution in [0.2, 0.25) is 0 Å². The summed E-state index contributed by atoms with van der Waals surface area (Å²) in [5.41, 5.74) is 8.44. The number of nitrogens with zero attached hydrogens (tertiary/aromatic N) is 6. The minimum atomic E-state index is -0.361. The molecule has 9 nitrogen and oxygen atoms in total. The smallest absolute Gasteiger partial charge is 0.272 e. The molecule has 5 rings (SSSR count). The van der Waals surface area contributed by atoms with Gasteiger partial charge in [-0.05, 0) is 45.0 Å². The number of carbonyl (C=O) groups excluding carboxylic acids is 1. The summed E-state index contributed by atoms with van der Waals surface area (Å²) in [5.74, 6) is 0.536. The van der Waals surface area contributed by atoms with Crippen molar-refractivity contribution in [2.24, 2.45) is 0 Å². The number of pyridine rings is 1. The Hall–Kier alpha value is -4.27. The second kappa shape index (κ2) is 7.16. The van der Waals surface area contributed by atoms with E-state index >= 15 is 0 Å². The lowest BCUT2D eigenvalue weighted by atomic mass is 10.1. The Morgan fingerprint density at radius 2 is 1.81 bits per heavy atom. The largest absolute Gasteiger partial charge is 0.383 e. The molecule has 0 saturated carbocycles. The van der Waals surface area contributed by atoms with Gasteiger partial charge in [-0.25, -0.2) is 14.6 Å². The van der Waals surface area contributed by atoms with Gasteiger partial charge < -0.3 is 11.1 Å². The molecule has 4 heterocycles. The van der Waals surface area contributed by atoms with Crippen molar-refractivity contribution in [3.63, 3.8) is 0 Å². The Labute approximate surface area is 183 Å². The number of nitrogens with one attached hydrogen (secondary N) is 1. The maximum atomic E-state index is 13.4. The van der Waals surface area contributed by atoms with E-state index in [1.54, 1.807) is 24.5 Å². The van der Waals surface area contributed by atoms with Gasteiger partial charge in [0.05, 0.1) is 11.1 Å². The first-order valence-electron chi connectivity index (χ1n) is 10.2. The van der Waals surface area contributed by atoms with Crippen molar-refractivity contribution in [3.05, 3.63) is 66.9 Å². The predicted molar refractivity (Wildman–Crippen MR) is 124 cm³/mol. The van der Waals surface area contributed by atoms with Gasteiger partial charge in [-0.3, -0.25) is 14.3 Å². The van der Waals surface area contributed by atoms with E-state index in [1.165, 1.54) is 6.33 Å². The van der Waals surface area contributed by atoms with Crippen LogP contribution in [0, 0.1) is 0 Å². The van der Waals surface area contributed by atoms with E-state index in [0.29, 0.717) is 34.1 Å². The number of nitrogen functional groups attached to an aromatic ring is 1. The summed E-state index contributed by atoms with van der Waals surface area (Å²) in [6.07, 6.45) is 4.68. The van der Waals surface area contributed by atoms with Crippen LogP contribution in [-0.4, -0.2) is 35.2 Å². The zero-order valence-electron chi connectivity index (χ0n) is 17.9. The Bertz CT molecular complexity index is 1460. The highest BCUT2D eigenvalue weighted by atomic mass is 16.2. The standard InChI is InChI=1S/C23H22N8O/c1-23(2,3)31-20-18(19(24)26-13-27-20)21(29-31)30-16-7-5-4-6-14(16)12-17(30)22(32)28-15-8-10-25-11-9-15/h4-13H,1-3H3,(H2,24,26,27)(H,25,28,32). The Balaban J connectivity index is 1.79. The van der Waals surface area contributed by atoms with Gasteiger partial charge in [0.25, 0.3) is 5.91 Å². The number of hydrogen-bond donors (Lipinski definition) is 2. The number of rotatable bonds is 3. The summed E-state index contributed by atoms with van der Waals surface area (Å²) in [4.78, 5) is 26.0. The van der Waals surface area contributed by atoms with Crippen LogP contribution in [0.3, 0.4) is 0 Å². The molecule has 1 amide bonds. The van der Waals surface area contributed by atoms with E-state index in [-0.39, 0.29) is 11.4 Å². The fraction of sp³-hybridized carbons (Fsp3) is 0.174. The molecule has 4 aromatic heterocycles. The molecule has 0 aliphatic rings. The fourth-order valence-electron chi connectivity index (χ4n) is 3.76. The number of hydrogen-bond acceptors (Lipinski definition) is 6. The minimum Gasteiger partial charge on any atom is -0.383 e. The van der Waals surface area contributed by atoms with Crippen molar-refractivity contribution in [2.75, 3.05) is 11.1 Å². The summed E-state index contributed by atoms with van der Waals surface area (Å²) in [6.45, 7) is 6.10. The van der Waals surface area contributed by atoms with Crippen LogP contribution in [0.5, 0.6) is 0 Å². The number of aromatic nitrogens is 6. The zero-order valence-corrected chi connectivity index (χ0v) is 17.9. The number of benzene rings is 1. The summed E-state index contributed by atoms with van der Waals surface area (Å²) >= 11 is 0. The second-order valence-corrected chi connectivity index (χ2v) is 8.48. The highest BCUT2D eigenvalue weighted by Gasteiger charge is 2.27. The Morgan fingerprint density at radius 3 is 2.56 bits per heavy atom. The molecule has 0 aliphatic carbocycles. The number of carbonyl (C=O) groups is 1. The van der Waals surface area contributed by atoms with E-state index in [0.717, 1.165) is 10.9 Å². The van der Waals surface area contributed by atoms with Gasteiger partial charge >= 0.3 is 0 Å². The quantitative estimate of drug-likeness (QED) is 0.454. The molecule has 32 heavy (non-hydrogen) atoms. The molecule has 0 aliphatic heterocycles. The lowest BCUT2D eigenvalue weighted by molar-refractivity contribution is 0.102. The highest BCUT2D eigenvalue weighted by molar-refractivity contribution is 6.08. The van der Waals surface area contributed by atoms with Crippen molar-refractivity contribution in [3.8, 4) is 5.82 Å². The average molecular weight is 426 g/mol. The maximum absolute atomic E-state index is 13.4. The van der Waals surface area contributed by atoms with Gasteiger partial charge in [0.1, 0.15) is 23.2 Å². The van der Waals surface area contributed by atoms with Gasteiger partial charge in [0.15, 0.2) is 11.5 Å². The van der Waals surface area contributed by atoms with E-state index in [1.807, 2.05) is 60.4 Å². The lowest BCUT2D eigenvalue weighted by Crippen LogP contribution is -2.24. The molecule has 0 saturated heterocycles. The summed E-state index contributed by atoms with van der Waals surface area (Å²) in [6, 6.07) is 13.1. The van der Waals surface area contributed by atoms with Crippen molar-refractivity contribution in [2.45, 2.75) is 26.3 Å². The van der Waals surface area contributed by atoms with Crippen LogP contribution in [-0.2, 0) is 5.54 Å². The number of amides is 1. The van der Waals surface area contributed by atoms with E-state index in [9.17, 15) is 4.79 Å². The molecule has 0 radical (unpaired) electrons. The molecule has 1 aromatic carbocycles. The molecule has 0 atom stereocenters. The molecular weight excluding hydrogens is 404 g/mol. The molecule has 9 heteroatoms. The van der Waals surface area contributed by atoms with Crippen molar-refractivity contribution in [1.29, 1.82) is 0 Å². The van der Waals surface area contributed by atoms with Crippen LogP contribution in [0.4, 0.5) is 11.5 Å². The SMILES string of the molecule is CC(C)(C)n1nc(-n2c(C(=O)Nc3ccncc3)cc3ccccc32)c2c(N)ncnc21. The number of fused-ring (bicyclic) bond motifs is 2. The van der Waals surface area contributed by atoms with Crippen molar-refractivity contribution >= 4 is 39.3 Å². The normalized spacial score (nSPS) is 11.8. The van der Waals surface area contributed by atoms with Crippen LogP contribution in [0.1, 0.15) is 31.3 Å². The molecule has 0 unspecified atom stereocenters. The number of para-hydroxylation sites is 1. The third-order valence-electron chi connectivity index (χ3n) is 5.20. The molecule has 0 bridgehead atoms. The van der Waals surface area contributed by atoms with Crippen LogP contribution < -0.4 is 11.1 Å². The zero-order chi connectivity index (χ0) is 22.5. The molecule has 5 aromatic rings. The Kier molecular flexibility index (Phi) is 4.40. The first-order valence-corrected chi connectivity index (χ1v) is 10.2. The van der Waals surface area contributed by atoms with Crippen LogP contribution in [0.15, 0.2) is 61.2 Å². The lowest BCUT2D eigenvalue weighted by Gasteiger charge is -2.19. The van der Waals surface area contributed by atoms with E-state index < -0.39 is 0 Å². The van der Waals surface area contributed by atoms with Crippen molar-refractivity contribution < 1.29 is 4.79 Å². The summed E-state index contributed by atoms with van der Waals surface area (Å²) < 4.78 is 3.63. The minimum absolute atomic E-state index is 0.277. The van der Waals surface area contributed by atoms with Gasteiger partial charge in [-0.1, -0.05) is 18.2 Å². The van der Waals surface area contributed by atoms with Crippen molar-refractivity contribution in [1.82, 2.24) is 29.3 Å². The Morgan fingerprint density at radius 1 is 1.06 bits per heavy atom. The molecule has 3 N–H and O–H groups in total. The maximum Gasteiger partial charge on any atom is 0.272 e. The number of anilines is 2. The molecule has 0 spiro atoms. The predicted octanol–water partition coefficient (Wildman–Crippen LogP) is 3.75. The molecule has 160 valence electrons. The summed E-state index contributed by atoms with van der Waals surface area (Å²) in [7, 11) is 0. The van der Waals surface area contributed by atoms with E-state index in [2.05, 4.69) is 20.3 Å². The van der Waals surface area contributed by atoms with Gasteiger partial charge in [0.2, 0.25) is 0 Å². The molecule has 0 fully saturated rings. The first-order chi connectivity index (χ1) is 15.3. The molecular formula is C23H22N8O. The van der Waals surface area contributed by atoms with E-state index in [4.69, 9.17) is 10.8 Å². The topological polar surface area (TPSA) is 117 Å². The van der Waals surface area contributed by atoms with Gasteiger partial charge in [-0.15, -0.1) is 0 Å². The second-order valence-electron chi connectivity index (χ2n) is 8.48. The first kappa shape index (κ1) is 19.7.